The van der Waals surface area contributed by atoms with E-state index in [1.165, 1.54) is 0 Å². The fourth-order valence-corrected chi connectivity index (χ4v) is 2.36. The Labute approximate surface area is 128 Å². The van der Waals surface area contributed by atoms with Crippen molar-refractivity contribution in [1.82, 2.24) is 19.8 Å². The molecule has 0 saturated heterocycles. The topological polar surface area (TPSA) is 56.2 Å². The molecule has 0 amide bonds. The molecule has 0 atom stereocenters. The molecule has 0 aliphatic rings. The molecule has 0 radical (unpaired) electrons. The molecule has 6 heteroatoms. The maximum atomic E-state index is 5.66. The minimum atomic E-state index is 0.381. The van der Waals surface area contributed by atoms with Crippen LogP contribution >= 0.6 is 15.9 Å². The van der Waals surface area contributed by atoms with Gasteiger partial charge in [0, 0.05) is 15.6 Å². The Hall–Kier alpha value is -2.47. The summed E-state index contributed by atoms with van der Waals surface area (Å²) in [6.07, 6.45) is 0. The lowest BCUT2D eigenvalue weighted by Crippen LogP contribution is -1.90. The number of rotatable bonds is 2. The first kappa shape index (κ1) is 12.3. The second-order valence-corrected chi connectivity index (χ2v) is 5.41. The summed E-state index contributed by atoms with van der Waals surface area (Å²) >= 11 is 3.41. The Morgan fingerprint density at radius 2 is 1.62 bits per heavy atom. The van der Waals surface area contributed by atoms with E-state index in [-0.39, 0.29) is 0 Å². The molecule has 4 aromatic rings. The Kier molecular flexibility index (Phi) is 2.82. The maximum Gasteiger partial charge on any atom is 0.346 e. The standard InChI is InChI=1S/C15H9BrN4O/c16-12-8-6-11(7-9-12)14-19-20-13(17-18-15(20)21-14)10-4-2-1-3-5-10/h1-9H. The van der Waals surface area contributed by atoms with Gasteiger partial charge in [0.2, 0.25) is 5.89 Å². The SMILES string of the molecule is Brc1ccc(-c2nn3c(-c4ccccc4)nnc3o2)cc1. The van der Waals surface area contributed by atoms with Crippen molar-refractivity contribution in [3.63, 3.8) is 0 Å². The van der Waals surface area contributed by atoms with Gasteiger partial charge in [-0.1, -0.05) is 51.4 Å². The predicted octanol–water partition coefficient (Wildman–Crippen LogP) is 3.81. The van der Waals surface area contributed by atoms with Gasteiger partial charge < -0.3 is 4.42 Å². The van der Waals surface area contributed by atoms with E-state index in [1.807, 2.05) is 54.6 Å². The fourth-order valence-electron chi connectivity index (χ4n) is 2.09. The molecule has 0 aliphatic heterocycles. The van der Waals surface area contributed by atoms with E-state index in [4.69, 9.17) is 4.42 Å². The molecular formula is C15H9BrN4O. The van der Waals surface area contributed by atoms with Crippen LogP contribution in [0.1, 0.15) is 0 Å². The van der Waals surface area contributed by atoms with Gasteiger partial charge in [0.15, 0.2) is 5.82 Å². The summed E-state index contributed by atoms with van der Waals surface area (Å²) in [6.45, 7) is 0. The van der Waals surface area contributed by atoms with Crippen LogP contribution in [0.2, 0.25) is 0 Å². The van der Waals surface area contributed by atoms with Gasteiger partial charge in [0.25, 0.3) is 0 Å². The fraction of sp³-hybridized carbons (Fsp3) is 0. The van der Waals surface area contributed by atoms with E-state index in [1.54, 1.807) is 4.52 Å². The third-order valence-corrected chi connectivity index (χ3v) is 3.64. The number of halogens is 1. The van der Waals surface area contributed by atoms with Gasteiger partial charge in [-0.05, 0) is 24.3 Å². The normalized spacial score (nSPS) is 11.1. The quantitative estimate of drug-likeness (QED) is 0.556. The minimum absolute atomic E-state index is 0.381. The number of aromatic nitrogens is 4. The lowest BCUT2D eigenvalue weighted by Gasteiger charge is -1.95. The number of benzene rings is 2. The van der Waals surface area contributed by atoms with Crippen molar-refractivity contribution in [2.75, 3.05) is 0 Å². The van der Waals surface area contributed by atoms with E-state index in [2.05, 4.69) is 31.2 Å². The van der Waals surface area contributed by atoms with Crippen LogP contribution in [-0.2, 0) is 0 Å². The van der Waals surface area contributed by atoms with Crippen LogP contribution in [0.3, 0.4) is 0 Å². The number of nitrogens with zero attached hydrogens (tertiary/aromatic N) is 4. The number of hydrogen-bond acceptors (Lipinski definition) is 4. The van der Waals surface area contributed by atoms with E-state index in [9.17, 15) is 0 Å². The zero-order valence-electron chi connectivity index (χ0n) is 10.8. The predicted molar refractivity (Wildman–Crippen MR) is 81.6 cm³/mol. The molecule has 2 aromatic carbocycles. The van der Waals surface area contributed by atoms with Gasteiger partial charge >= 0.3 is 5.84 Å². The molecule has 102 valence electrons. The summed E-state index contributed by atoms with van der Waals surface area (Å²) < 4.78 is 8.29. The molecule has 0 saturated carbocycles. The maximum absolute atomic E-state index is 5.66. The summed E-state index contributed by atoms with van der Waals surface area (Å²) in [5.74, 6) is 1.56. The van der Waals surface area contributed by atoms with E-state index in [0.717, 1.165) is 15.6 Å². The van der Waals surface area contributed by atoms with Gasteiger partial charge in [-0.25, -0.2) is 0 Å². The van der Waals surface area contributed by atoms with Gasteiger partial charge in [0.1, 0.15) is 0 Å². The van der Waals surface area contributed by atoms with Crippen molar-refractivity contribution < 1.29 is 4.42 Å². The van der Waals surface area contributed by atoms with Crippen molar-refractivity contribution in [3.8, 4) is 22.8 Å². The third kappa shape index (κ3) is 2.13. The van der Waals surface area contributed by atoms with Gasteiger partial charge in [0.05, 0.1) is 0 Å². The molecule has 0 fully saturated rings. The molecule has 0 N–H and O–H groups in total. The smallest absolute Gasteiger partial charge is 0.346 e. The van der Waals surface area contributed by atoms with E-state index >= 15 is 0 Å². The van der Waals surface area contributed by atoms with Crippen LogP contribution < -0.4 is 0 Å². The lowest BCUT2D eigenvalue weighted by atomic mass is 10.2. The average Bonchev–Trinajstić information content (AvgIpc) is 3.09. The van der Waals surface area contributed by atoms with Crippen LogP contribution in [0.4, 0.5) is 0 Å². The highest BCUT2D eigenvalue weighted by atomic mass is 79.9. The molecule has 5 nitrogen and oxygen atoms in total. The molecule has 2 aromatic heterocycles. The summed E-state index contributed by atoms with van der Waals surface area (Å²) in [7, 11) is 0. The van der Waals surface area contributed by atoms with Gasteiger partial charge in [-0.2, -0.15) is 4.52 Å². The number of fused-ring (bicyclic) bond motifs is 1. The first-order valence-electron chi connectivity index (χ1n) is 6.35. The van der Waals surface area contributed by atoms with Crippen LogP contribution in [0.25, 0.3) is 28.7 Å². The highest BCUT2D eigenvalue weighted by molar-refractivity contribution is 9.10. The van der Waals surface area contributed by atoms with Crippen LogP contribution in [-0.4, -0.2) is 19.8 Å². The zero-order chi connectivity index (χ0) is 14.2. The molecule has 0 unspecified atom stereocenters. The van der Waals surface area contributed by atoms with Crippen molar-refractivity contribution in [3.05, 3.63) is 59.1 Å². The Balaban J connectivity index is 1.84. The van der Waals surface area contributed by atoms with E-state index in [0.29, 0.717) is 17.6 Å². The summed E-state index contributed by atoms with van der Waals surface area (Å²) in [6, 6.07) is 17.5. The first-order chi connectivity index (χ1) is 10.3. The molecular weight excluding hydrogens is 332 g/mol. The van der Waals surface area contributed by atoms with Crippen molar-refractivity contribution >= 4 is 21.8 Å². The van der Waals surface area contributed by atoms with Crippen LogP contribution in [0.5, 0.6) is 0 Å². The molecule has 4 rings (SSSR count). The largest absolute Gasteiger partial charge is 0.402 e. The van der Waals surface area contributed by atoms with Crippen LogP contribution in [0.15, 0.2) is 63.5 Å². The van der Waals surface area contributed by atoms with Crippen molar-refractivity contribution in [2.24, 2.45) is 0 Å². The van der Waals surface area contributed by atoms with Crippen molar-refractivity contribution in [2.45, 2.75) is 0 Å². The second kappa shape index (κ2) is 4.82. The molecule has 21 heavy (non-hydrogen) atoms. The number of hydrogen-bond donors (Lipinski definition) is 0. The second-order valence-electron chi connectivity index (χ2n) is 4.50. The lowest BCUT2D eigenvalue weighted by molar-refractivity contribution is 0.601. The summed E-state index contributed by atoms with van der Waals surface area (Å²) in [4.78, 5) is 0. The zero-order valence-corrected chi connectivity index (χ0v) is 12.4. The van der Waals surface area contributed by atoms with E-state index < -0.39 is 0 Å². The van der Waals surface area contributed by atoms with Gasteiger partial charge in [-0.3, -0.25) is 0 Å². The molecule has 0 aliphatic carbocycles. The Morgan fingerprint density at radius 1 is 0.857 bits per heavy atom. The summed E-state index contributed by atoms with van der Waals surface area (Å²) in [5, 5.41) is 12.6. The highest BCUT2D eigenvalue weighted by Gasteiger charge is 2.15. The Morgan fingerprint density at radius 3 is 2.38 bits per heavy atom. The minimum Gasteiger partial charge on any atom is -0.402 e. The monoisotopic (exact) mass is 340 g/mol. The third-order valence-electron chi connectivity index (χ3n) is 3.11. The highest BCUT2D eigenvalue weighted by Crippen LogP contribution is 2.24. The Bertz CT molecular complexity index is 896. The van der Waals surface area contributed by atoms with Crippen molar-refractivity contribution in [1.29, 1.82) is 0 Å². The van der Waals surface area contributed by atoms with Crippen LogP contribution in [0, 0.1) is 0 Å². The molecule has 0 spiro atoms. The molecule has 2 heterocycles. The molecule has 0 bridgehead atoms. The average molecular weight is 341 g/mol. The summed E-state index contributed by atoms with van der Waals surface area (Å²) in [5.41, 5.74) is 1.84. The first-order valence-corrected chi connectivity index (χ1v) is 7.14. The van der Waals surface area contributed by atoms with Gasteiger partial charge in [-0.15, -0.1) is 10.2 Å².